The molecule has 0 radical (unpaired) electrons. The maximum absolute atomic E-state index is 6.24. The maximum Gasteiger partial charge on any atom is 0.151 e. The highest BCUT2D eigenvalue weighted by atomic mass is 16.5. The summed E-state index contributed by atoms with van der Waals surface area (Å²) in [6.07, 6.45) is 0. The maximum atomic E-state index is 6.24. The molecule has 1 aliphatic heterocycles. The number of hydrogen-bond donors (Lipinski definition) is 1. The van der Waals surface area contributed by atoms with Gasteiger partial charge in [0.2, 0.25) is 0 Å². The number of anilines is 2. The number of rotatable bonds is 2. The Morgan fingerprint density at radius 1 is 0.462 bits per heavy atom. The fraction of sp³-hybridized carbons (Fsp3) is 0. The summed E-state index contributed by atoms with van der Waals surface area (Å²) in [5, 5.41) is 3.47. The molecule has 2 nitrogen and oxygen atoms in total. The molecular formula is C24H17NO. The van der Waals surface area contributed by atoms with Crippen LogP contribution in [-0.2, 0) is 0 Å². The molecule has 0 atom stereocenters. The Labute approximate surface area is 152 Å². The molecule has 0 aliphatic carbocycles. The van der Waals surface area contributed by atoms with Crippen molar-refractivity contribution < 1.29 is 4.74 Å². The van der Waals surface area contributed by atoms with Crippen molar-refractivity contribution in [3.05, 3.63) is 97.1 Å². The van der Waals surface area contributed by atoms with E-state index >= 15 is 0 Å². The highest BCUT2D eigenvalue weighted by molar-refractivity contribution is 5.81. The van der Waals surface area contributed by atoms with Crippen molar-refractivity contribution in [2.45, 2.75) is 0 Å². The lowest BCUT2D eigenvalue weighted by Crippen LogP contribution is -2.03. The van der Waals surface area contributed by atoms with Crippen LogP contribution in [0.25, 0.3) is 22.3 Å². The number of ether oxygens (including phenoxy) is 1. The highest BCUT2D eigenvalue weighted by Crippen LogP contribution is 2.44. The summed E-state index contributed by atoms with van der Waals surface area (Å²) in [7, 11) is 0. The van der Waals surface area contributed by atoms with Crippen molar-refractivity contribution >= 4 is 11.4 Å². The van der Waals surface area contributed by atoms with Crippen LogP contribution in [0.2, 0.25) is 0 Å². The van der Waals surface area contributed by atoms with Crippen LogP contribution in [-0.4, -0.2) is 0 Å². The first-order chi connectivity index (χ1) is 12.9. The fourth-order valence-electron chi connectivity index (χ4n) is 3.30. The van der Waals surface area contributed by atoms with Crippen molar-refractivity contribution in [1.29, 1.82) is 0 Å². The van der Waals surface area contributed by atoms with E-state index in [2.05, 4.69) is 90.2 Å². The molecule has 0 spiro atoms. The SMILES string of the molecule is c1ccc(-c2ccc3c(c2)Oc2cc(-c4ccccc4)ccc2N3)cc1. The number of nitrogens with one attached hydrogen (secondary N) is 1. The van der Waals surface area contributed by atoms with Crippen LogP contribution in [0.3, 0.4) is 0 Å². The molecule has 0 saturated heterocycles. The molecule has 0 unspecified atom stereocenters. The molecule has 4 aromatic carbocycles. The molecule has 1 N–H and O–H groups in total. The van der Waals surface area contributed by atoms with Gasteiger partial charge in [-0.05, 0) is 46.5 Å². The van der Waals surface area contributed by atoms with Gasteiger partial charge in [0.25, 0.3) is 0 Å². The average molecular weight is 335 g/mol. The van der Waals surface area contributed by atoms with Gasteiger partial charge in [0, 0.05) is 0 Å². The Hall–Kier alpha value is -3.52. The Bertz CT molecular complexity index is 985. The van der Waals surface area contributed by atoms with Gasteiger partial charge >= 0.3 is 0 Å². The van der Waals surface area contributed by atoms with Gasteiger partial charge in [-0.2, -0.15) is 0 Å². The Morgan fingerprint density at radius 2 is 0.923 bits per heavy atom. The summed E-state index contributed by atoms with van der Waals surface area (Å²) >= 11 is 0. The summed E-state index contributed by atoms with van der Waals surface area (Å²) in [5.74, 6) is 1.70. The smallest absolute Gasteiger partial charge is 0.151 e. The second-order valence-corrected chi connectivity index (χ2v) is 6.38. The zero-order valence-corrected chi connectivity index (χ0v) is 14.1. The highest BCUT2D eigenvalue weighted by Gasteiger charge is 2.17. The Balaban J connectivity index is 1.52. The zero-order valence-electron chi connectivity index (χ0n) is 14.1. The summed E-state index contributed by atoms with van der Waals surface area (Å²) in [4.78, 5) is 0. The summed E-state index contributed by atoms with van der Waals surface area (Å²) in [5.41, 5.74) is 6.64. The molecule has 4 aromatic rings. The second kappa shape index (κ2) is 6.08. The minimum absolute atomic E-state index is 0.851. The standard InChI is InChI=1S/C24H17NO/c1-3-7-17(8-4-1)19-11-13-21-23(15-19)26-24-16-20(12-14-22(24)25-21)18-9-5-2-6-10-18/h1-16,25H. The first kappa shape index (κ1) is 14.8. The molecule has 2 heteroatoms. The van der Waals surface area contributed by atoms with E-state index in [-0.39, 0.29) is 0 Å². The summed E-state index contributed by atoms with van der Waals surface area (Å²) < 4.78 is 6.24. The Kier molecular flexibility index (Phi) is 3.46. The van der Waals surface area contributed by atoms with Gasteiger partial charge in [0.1, 0.15) is 0 Å². The topological polar surface area (TPSA) is 21.3 Å². The predicted molar refractivity (Wildman–Crippen MR) is 107 cm³/mol. The van der Waals surface area contributed by atoms with Gasteiger partial charge in [0.05, 0.1) is 11.4 Å². The lowest BCUT2D eigenvalue weighted by molar-refractivity contribution is 0.481. The molecule has 124 valence electrons. The molecule has 1 heterocycles. The molecule has 0 saturated carbocycles. The lowest BCUT2D eigenvalue weighted by atomic mass is 10.0. The molecular weight excluding hydrogens is 318 g/mol. The Morgan fingerprint density at radius 3 is 1.38 bits per heavy atom. The van der Waals surface area contributed by atoms with Gasteiger partial charge in [-0.15, -0.1) is 0 Å². The molecule has 0 aromatic heterocycles. The van der Waals surface area contributed by atoms with Crippen LogP contribution in [0.1, 0.15) is 0 Å². The van der Waals surface area contributed by atoms with E-state index in [4.69, 9.17) is 4.74 Å². The number of benzene rings is 4. The van der Waals surface area contributed by atoms with Gasteiger partial charge in [-0.25, -0.2) is 0 Å². The molecule has 5 rings (SSSR count). The number of fused-ring (bicyclic) bond motifs is 2. The third-order valence-electron chi connectivity index (χ3n) is 4.67. The van der Waals surface area contributed by atoms with Crippen LogP contribution < -0.4 is 10.1 Å². The lowest BCUT2D eigenvalue weighted by Gasteiger charge is -2.23. The normalized spacial score (nSPS) is 11.7. The summed E-state index contributed by atoms with van der Waals surface area (Å²) in [6.45, 7) is 0. The zero-order chi connectivity index (χ0) is 17.3. The molecule has 1 aliphatic rings. The predicted octanol–water partition coefficient (Wildman–Crippen LogP) is 6.87. The fourth-order valence-corrected chi connectivity index (χ4v) is 3.30. The quantitative estimate of drug-likeness (QED) is 0.380. The second-order valence-electron chi connectivity index (χ2n) is 6.38. The third-order valence-corrected chi connectivity index (χ3v) is 4.67. The van der Waals surface area contributed by atoms with E-state index in [1.807, 2.05) is 12.1 Å². The first-order valence-electron chi connectivity index (χ1n) is 8.71. The molecule has 0 bridgehead atoms. The van der Waals surface area contributed by atoms with Crippen LogP contribution in [0.5, 0.6) is 11.5 Å². The molecule has 0 fully saturated rings. The van der Waals surface area contributed by atoms with E-state index in [1.165, 1.54) is 11.1 Å². The molecule has 26 heavy (non-hydrogen) atoms. The van der Waals surface area contributed by atoms with Crippen molar-refractivity contribution in [2.75, 3.05) is 5.32 Å². The van der Waals surface area contributed by atoms with Crippen LogP contribution in [0, 0.1) is 0 Å². The number of hydrogen-bond acceptors (Lipinski definition) is 2. The van der Waals surface area contributed by atoms with Gasteiger partial charge in [-0.3, -0.25) is 0 Å². The van der Waals surface area contributed by atoms with Crippen LogP contribution in [0.15, 0.2) is 97.1 Å². The van der Waals surface area contributed by atoms with Crippen LogP contribution in [0.4, 0.5) is 11.4 Å². The van der Waals surface area contributed by atoms with Crippen molar-refractivity contribution in [3.8, 4) is 33.8 Å². The van der Waals surface area contributed by atoms with Crippen molar-refractivity contribution in [1.82, 2.24) is 0 Å². The first-order valence-corrected chi connectivity index (χ1v) is 8.71. The van der Waals surface area contributed by atoms with E-state index in [9.17, 15) is 0 Å². The van der Waals surface area contributed by atoms with E-state index in [0.717, 1.165) is 34.0 Å². The van der Waals surface area contributed by atoms with E-state index < -0.39 is 0 Å². The van der Waals surface area contributed by atoms with Gasteiger partial charge in [0.15, 0.2) is 11.5 Å². The van der Waals surface area contributed by atoms with E-state index in [1.54, 1.807) is 0 Å². The summed E-state index contributed by atoms with van der Waals surface area (Å²) in [6, 6.07) is 33.3. The van der Waals surface area contributed by atoms with E-state index in [0.29, 0.717) is 0 Å². The van der Waals surface area contributed by atoms with Crippen molar-refractivity contribution in [2.24, 2.45) is 0 Å². The molecule has 0 amide bonds. The van der Waals surface area contributed by atoms with Crippen LogP contribution >= 0.6 is 0 Å². The largest absolute Gasteiger partial charge is 0.453 e. The minimum atomic E-state index is 0.851. The van der Waals surface area contributed by atoms with Gasteiger partial charge < -0.3 is 10.1 Å². The average Bonchev–Trinajstić information content (AvgIpc) is 2.73. The van der Waals surface area contributed by atoms with Gasteiger partial charge in [-0.1, -0.05) is 72.8 Å². The third kappa shape index (κ3) is 2.62. The minimum Gasteiger partial charge on any atom is -0.453 e. The monoisotopic (exact) mass is 335 g/mol. The van der Waals surface area contributed by atoms with Crippen molar-refractivity contribution in [3.63, 3.8) is 0 Å².